The molecule has 1 aliphatic heterocycles. The van der Waals surface area contributed by atoms with Crippen LogP contribution in [0.1, 0.15) is 51.9 Å². The van der Waals surface area contributed by atoms with Gasteiger partial charge in [-0.25, -0.2) is 0 Å². The molecule has 0 aromatic rings. The second kappa shape index (κ2) is 5.59. The van der Waals surface area contributed by atoms with E-state index in [2.05, 4.69) is 12.2 Å². The van der Waals surface area contributed by atoms with Crippen LogP contribution < -0.4 is 5.32 Å². The smallest absolute Gasteiger partial charge is 0.00670 e. The minimum atomic E-state index is 0.845. The van der Waals surface area contributed by atoms with E-state index in [0.717, 1.165) is 6.04 Å². The van der Waals surface area contributed by atoms with E-state index in [0.29, 0.717) is 0 Å². The van der Waals surface area contributed by atoms with E-state index >= 15 is 0 Å². The predicted octanol–water partition coefficient (Wildman–Crippen LogP) is 2.71. The molecule has 1 atom stereocenters. The molecule has 1 nitrogen and oxygen atoms in total. The van der Waals surface area contributed by atoms with Crippen LogP contribution in [0.4, 0.5) is 0 Å². The minimum Gasteiger partial charge on any atom is -0.314 e. The van der Waals surface area contributed by atoms with E-state index in [1.165, 1.54) is 51.5 Å². The van der Waals surface area contributed by atoms with Crippen LogP contribution in [0.3, 0.4) is 0 Å². The highest BCUT2D eigenvalue weighted by atomic mass is 14.9. The zero-order chi connectivity index (χ0) is 7.94. The standard InChI is InChI=1S/C10H21N/c1-2-3-7-10-8-5-4-6-9-11-10/h10-11H,2-9H2,1H3. The first-order chi connectivity index (χ1) is 5.43. The van der Waals surface area contributed by atoms with E-state index in [-0.39, 0.29) is 0 Å². The number of unbranched alkanes of at least 4 members (excludes halogenated alkanes) is 1. The Hall–Kier alpha value is -0.0400. The molecule has 0 amide bonds. The van der Waals surface area contributed by atoms with Gasteiger partial charge in [0, 0.05) is 6.04 Å². The molecule has 0 saturated carbocycles. The fraction of sp³-hybridized carbons (Fsp3) is 1.00. The third-order valence-electron chi connectivity index (χ3n) is 2.57. The summed E-state index contributed by atoms with van der Waals surface area (Å²) < 4.78 is 0. The van der Waals surface area contributed by atoms with Gasteiger partial charge in [-0.15, -0.1) is 0 Å². The zero-order valence-corrected chi connectivity index (χ0v) is 7.73. The lowest BCUT2D eigenvalue weighted by atomic mass is 10.1. The molecule has 1 unspecified atom stereocenters. The molecule has 11 heavy (non-hydrogen) atoms. The molecule has 1 rings (SSSR count). The fourth-order valence-electron chi connectivity index (χ4n) is 1.80. The van der Waals surface area contributed by atoms with Gasteiger partial charge >= 0.3 is 0 Å². The molecular weight excluding hydrogens is 134 g/mol. The molecule has 0 aromatic heterocycles. The molecule has 0 aromatic carbocycles. The summed E-state index contributed by atoms with van der Waals surface area (Å²) in [4.78, 5) is 0. The molecule has 1 aliphatic rings. The van der Waals surface area contributed by atoms with Crippen molar-refractivity contribution < 1.29 is 0 Å². The lowest BCUT2D eigenvalue weighted by Gasteiger charge is -2.14. The maximum atomic E-state index is 3.62. The van der Waals surface area contributed by atoms with Gasteiger partial charge in [0.2, 0.25) is 0 Å². The van der Waals surface area contributed by atoms with Crippen LogP contribution in [-0.4, -0.2) is 12.6 Å². The zero-order valence-electron chi connectivity index (χ0n) is 7.73. The van der Waals surface area contributed by atoms with Gasteiger partial charge in [0.25, 0.3) is 0 Å². The van der Waals surface area contributed by atoms with E-state index in [9.17, 15) is 0 Å². The molecule has 66 valence electrons. The highest BCUT2D eigenvalue weighted by Crippen LogP contribution is 2.12. The number of hydrogen-bond donors (Lipinski definition) is 1. The second-order valence-corrected chi connectivity index (χ2v) is 3.64. The average Bonchev–Trinajstić information content (AvgIpc) is 2.28. The van der Waals surface area contributed by atoms with Gasteiger partial charge in [-0.1, -0.05) is 32.6 Å². The van der Waals surface area contributed by atoms with Crippen molar-refractivity contribution in [2.75, 3.05) is 6.54 Å². The molecular formula is C10H21N. The Bertz CT molecular complexity index is 82.9. The largest absolute Gasteiger partial charge is 0.314 e. The number of rotatable bonds is 3. The van der Waals surface area contributed by atoms with Crippen molar-refractivity contribution in [3.05, 3.63) is 0 Å². The van der Waals surface area contributed by atoms with Gasteiger partial charge in [-0.2, -0.15) is 0 Å². The van der Waals surface area contributed by atoms with Crippen molar-refractivity contribution in [3.8, 4) is 0 Å². The maximum absolute atomic E-state index is 3.62. The van der Waals surface area contributed by atoms with Gasteiger partial charge < -0.3 is 5.32 Å². The minimum absolute atomic E-state index is 0.845. The molecule has 1 N–H and O–H groups in total. The summed E-state index contributed by atoms with van der Waals surface area (Å²) in [5, 5.41) is 3.62. The van der Waals surface area contributed by atoms with E-state index in [1.807, 2.05) is 0 Å². The molecule has 0 radical (unpaired) electrons. The Morgan fingerprint density at radius 3 is 3.00 bits per heavy atom. The van der Waals surface area contributed by atoms with Crippen molar-refractivity contribution in [2.45, 2.75) is 57.9 Å². The van der Waals surface area contributed by atoms with Crippen molar-refractivity contribution in [2.24, 2.45) is 0 Å². The quantitative estimate of drug-likeness (QED) is 0.660. The Kier molecular flexibility index (Phi) is 4.60. The van der Waals surface area contributed by atoms with Crippen LogP contribution >= 0.6 is 0 Å². The first-order valence-corrected chi connectivity index (χ1v) is 5.17. The fourth-order valence-corrected chi connectivity index (χ4v) is 1.80. The van der Waals surface area contributed by atoms with Crippen molar-refractivity contribution in [1.29, 1.82) is 0 Å². The first-order valence-electron chi connectivity index (χ1n) is 5.17. The molecule has 1 saturated heterocycles. The van der Waals surface area contributed by atoms with E-state index in [4.69, 9.17) is 0 Å². The maximum Gasteiger partial charge on any atom is 0.00670 e. The van der Waals surface area contributed by atoms with Crippen LogP contribution in [-0.2, 0) is 0 Å². The monoisotopic (exact) mass is 155 g/mol. The van der Waals surface area contributed by atoms with Crippen molar-refractivity contribution in [3.63, 3.8) is 0 Å². The Morgan fingerprint density at radius 2 is 2.18 bits per heavy atom. The normalized spacial score (nSPS) is 26.5. The van der Waals surface area contributed by atoms with Gasteiger partial charge in [-0.3, -0.25) is 0 Å². The highest BCUT2D eigenvalue weighted by Gasteiger charge is 2.09. The van der Waals surface area contributed by atoms with Crippen LogP contribution in [0, 0.1) is 0 Å². The first kappa shape index (κ1) is 9.05. The number of nitrogens with one attached hydrogen (secondary N) is 1. The van der Waals surface area contributed by atoms with Gasteiger partial charge in [0.05, 0.1) is 0 Å². The van der Waals surface area contributed by atoms with Crippen LogP contribution in [0.15, 0.2) is 0 Å². The molecule has 1 fully saturated rings. The van der Waals surface area contributed by atoms with Gasteiger partial charge in [0.15, 0.2) is 0 Å². The van der Waals surface area contributed by atoms with E-state index in [1.54, 1.807) is 0 Å². The van der Waals surface area contributed by atoms with Crippen LogP contribution in [0.2, 0.25) is 0 Å². The number of hydrogen-bond acceptors (Lipinski definition) is 1. The Balaban J connectivity index is 2.09. The Morgan fingerprint density at radius 1 is 1.27 bits per heavy atom. The third kappa shape index (κ3) is 3.76. The van der Waals surface area contributed by atoms with Crippen molar-refractivity contribution >= 4 is 0 Å². The molecule has 1 heteroatoms. The molecule has 1 heterocycles. The third-order valence-corrected chi connectivity index (χ3v) is 2.57. The average molecular weight is 155 g/mol. The topological polar surface area (TPSA) is 12.0 Å². The summed E-state index contributed by atoms with van der Waals surface area (Å²) in [5.74, 6) is 0. The molecule has 0 spiro atoms. The van der Waals surface area contributed by atoms with Gasteiger partial charge in [0.1, 0.15) is 0 Å². The lowest BCUT2D eigenvalue weighted by molar-refractivity contribution is 0.462. The van der Waals surface area contributed by atoms with Crippen LogP contribution in [0.5, 0.6) is 0 Å². The summed E-state index contributed by atoms with van der Waals surface area (Å²) in [5.41, 5.74) is 0. The summed E-state index contributed by atoms with van der Waals surface area (Å²) >= 11 is 0. The summed E-state index contributed by atoms with van der Waals surface area (Å²) in [6.07, 6.45) is 9.84. The molecule has 0 aliphatic carbocycles. The van der Waals surface area contributed by atoms with Crippen LogP contribution in [0.25, 0.3) is 0 Å². The summed E-state index contributed by atoms with van der Waals surface area (Å²) in [6, 6.07) is 0.845. The molecule has 0 bridgehead atoms. The SMILES string of the molecule is CCCCC1CCCCCN1. The van der Waals surface area contributed by atoms with Gasteiger partial charge in [-0.05, 0) is 25.8 Å². The lowest BCUT2D eigenvalue weighted by Crippen LogP contribution is -2.27. The van der Waals surface area contributed by atoms with E-state index < -0.39 is 0 Å². The summed E-state index contributed by atoms with van der Waals surface area (Å²) in [7, 11) is 0. The van der Waals surface area contributed by atoms with Crippen molar-refractivity contribution in [1.82, 2.24) is 5.32 Å². The Labute approximate surface area is 70.6 Å². The summed E-state index contributed by atoms with van der Waals surface area (Å²) in [6.45, 7) is 3.53. The predicted molar refractivity (Wildman–Crippen MR) is 49.8 cm³/mol. The second-order valence-electron chi connectivity index (χ2n) is 3.64. The highest BCUT2D eigenvalue weighted by molar-refractivity contribution is 4.69.